The highest BCUT2D eigenvalue weighted by Gasteiger charge is 2.17. The van der Waals surface area contributed by atoms with Crippen molar-refractivity contribution in [2.75, 3.05) is 6.61 Å². The Morgan fingerprint density at radius 3 is 3.12 bits per heavy atom. The zero-order chi connectivity index (χ0) is 12.0. The van der Waals surface area contributed by atoms with Gasteiger partial charge in [-0.3, -0.25) is 4.68 Å². The lowest BCUT2D eigenvalue weighted by Gasteiger charge is -2.09. The number of carbonyl (C=O) groups excluding carboxylic acids is 1. The largest absolute Gasteiger partial charge is 0.464 e. The molecule has 1 heterocycles. The lowest BCUT2D eigenvalue weighted by Crippen LogP contribution is -2.28. The summed E-state index contributed by atoms with van der Waals surface area (Å²) in [6.07, 6.45) is 0.978. The highest BCUT2D eigenvalue weighted by Crippen LogP contribution is 1.98. The third-order valence-corrected chi connectivity index (χ3v) is 1.84. The first-order valence-electron chi connectivity index (χ1n) is 4.95. The molecule has 1 aromatic rings. The number of ether oxygens (including phenoxy) is 1. The number of carbonyl (C=O) groups is 1. The third-order valence-electron chi connectivity index (χ3n) is 1.84. The predicted molar refractivity (Wildman–Crippen MR) is 54.2 cm³/mol. The molecule has 0 radical (unpaired) electrons. The van der Waals surface area contributed by atoms with E-state index in [1.54, 1.807) is 0 Å². The van der Waals surface area contributed by atoms with E-state index in [1.807, 2.05) is 13.0 Å². The molecule has 0 aromatic carbocycles. The van der Waals surface area contributed by atoms with Gasteiger partial charge >= 0.3 is 5.97 Å². The summed E-state index contributed by atoms with van der Waals surface area (Å²) in [6.45, 7) is 2.15. The Morgan fingerprint density at radius 1 is 1.81 bits per heavy atom. The fourth-order valence-electron chi connectivity index (χ4n) is 1.07. The minimum atomic E-state index is -1.25. The fraction of sp³-hybridized carbons (Fsp3) is 0.500. The van der Waals surface area contributed by atoms with Crippen LogP contribution in [-0.4, -0.2) is 33.6 Å². The van der Waals surface area contributed by atoms with Crippen molar-refractivity contribution >= 4 is 5.97 Å². The third kappa shape index (κ3) is 3.37. The van der Waals surface area contributed by atoms with Gasteiger partial charge in [0.15, 0.2) is 11.8 Å². The normalized spacial score (nSPS) is 11.8. The van der Waals surface area contributed by atoms with E-state index >= 15 is 0 Å². The van der Waals surface area contributed by atoms with Crippen LogP contribution in [0.5, 0.6) is 0 Å². The molecule has 6 heteroatoms. The predicted octanol–water partition coefficient (Wildman–Crippen LogP) is 0.0689. The van der Waals surface area contributed by atoms with Gasteiger partial charge in [-0.15, -0.1) is 0 Å². The van der Waals surface area contributed by atoms with Crippen LogP contribution in [0, 0.1) is 11.3 Å². The zero-order valence-electron chi connectivity index (χ0n) is 8.96. The van der Waals surface area contributed by atoms with Crippen LogP contribution in [-0.2, 0) is 16.1 Å². The number of hydrogen-bond donors (Lipinski definition) is 1. The maximum atomic E-state index is 11.2. The van der Waals surface area contributed by atoms with Crippen molar-refractivity contribution in [3.8, 4) is 6.07 Å². The van der Waals surface area contributed by atoms with Crippen molar-refractivity contribution < 1.29 is 14.6 Å². The molecule has 0 spiro atoms. The van der Waals surface area contributed by atoms with Gasteiger partial charge in [0.1, 0.15) is 6.07 Å². The van der Waals surface area contributed by atoms with E-state index in [2.05, 4.69) is 5.10 Å². The molecule has 16 heavy (non-hydrogen) atoms. The lowest BCUT2D eigenvalue weighted by atomic mass is 10.3. The summed E-state index contributed by atoms with van der Waals surface area (Å²) in [7, 11) is 0. The van der Waals surface area contributed by atoms with Crippen molar-refractivity contribution in [1.29, 1.82) is 5.26 Å². The van der Waals surface area contributed by atoms with Gasteiger partial charge in [0.05, 0.1) is 13.2 Å². The number of aromatic nitrogens is 2. The number of aliphatic hydroxyl groups is 1. The second-order valence-corrected chi connectivity index (χ2v) is 3.22. The van der Waals surface area contributed by atoms with Crippen LogP contribution in [0.15, 0.2) is 12.3 Å². The summed E-state index contributed by atoms with van der Waals surface area (Å²) < 4.78 is 6.09. The molecule has 0 aliphatic carbocycles. The molecule has 86 valence electrons. The molecule has 0 aliphatic rings. The topological polar surface area (TPSA) is 88.1 Å². The lowest BCUT2D eigenvalue weighted by molar-refractivity contribution is -0.154. The molecule has 0 bridgehead atoms. The zero-order valence-corrected chi connectivity index (χ0v) is 8.96. The Labute approximate surface area is 93.1 Å². The smallest absolute Gasteiger partial charge is 0.336 e. The summed E-state index contributed by atoms with van der Waals surface area (Å²) in [4.78, 5) is 11.2. The van der Waals surface area contributed by atoms with Gasteiger partial charge in [-0.25, -0.2) is 4.79 Å². The van der Waals surface area contributed by atoms with Gasteiger partial charge in [-0.2, -0.15) is 10.4 Å². The van der Waals surface area contributed by atoms with Gasteiger partial charge in [-0.1, -0.05) is 6.92 Å². The van der Waals surface area contributed by atoms with Crippen molar-refractivity contribution in [2.45, 2.75) is 26.0 Å². The minimum absolute atomic E-state index is 0.00969. The van der Waals surface area contributed by atoms with E-state index in [4.69, 9.17) is 10.00 Å². The van der Waals surface area contributed by atoms with Crippen LogP contribution < -0.4 is 0 Å². The summed E-state index contributed by atoms with van der Waals surface area (Å²) >= 11 is 0. The van der Waals surface area contributed by atoms with Gasteiger partial charge in [0.25, 0.3) is 0 Å². The second kappa shape index (κ2) is 5.88. The molecule has 0 saturated heterocycles. The average Bonchev–Trinajstić information content (AvgIpc) is 2.73. The number of nitriles is 1. The highest BCUT2D eigenvalue weighted by molar-refractivity contribution is 5.74. The Balaban J connectivity index is 2.47. The number of rotatable bonds is 5. The number of aliphatic hydroxyl groups excluding tert-OH is 1. The molecule has 1 aromatic heterocycles. The molecular formula is C10H13N3O3. The van der Waals surface area contributed by atoms with Gasteiger partial charge in [0, 0.05) is 6.20 Å². The maximum absolute atomic E-state index is 11.2. The Bertz CT molecular complexity index is 394. The molecule has 1 atom stereocenters. The van der Waals surface area contributed by atoms with Gasteiger partial charge < -0.3 is 9.84 Å². The Morgan fingerprint density at radius 2 is 2.56 bits per heavy atom. The number of nitrogens with zero attached hydrogens (tertiary/aromatic N) is 3. The van der Waals surface area contributed by atoms with E-state index in [1.165, 1.54) is 16.9 Å². The van der Waals surface area contributed by atoms with Crippen molar-refractivity contribution in [2.24, 2.45) is 0 Å². The first kappa shape index (κ1) is 12.2. The van der Waals surface area contributed by atoms with Gasteiger partial charge in [0.2, 0.25) is 0 Å². The molecule has 0 aliphatic heterocycles. The summed E-state index contributed by atoms with van der Waals surface area (Å²) in [5.41, 5.74) is 0.245. The first-order chi connectivity index (χ1) is 7.67. The standard InChI is InChI=1S/C10H13N3O3/c1-2-5-16-10(15)9(14)7-13-4-3-8(6-11)12-13/h3-4,9,14H,2,5,7H2,1H3/t9-/m1/s1. The van der Waals surface area contributed by atoms with E-state index in [0.29, 0.717) is 13.0 Å². The van der Waals surface area contributed by atoms with Crippen LogP contribution in [0.2, 0.25) is 0 Å². The second-order valence-electron chi connectivity index (χ2n) is 3.22. The highest BCUT2D eigenvalue weighted by atomic mass is 16.5. The van der Waals surface area contributed by atoms with Crippen LogP contribution in [0.1, 0.15) is 19.0 Å². The molecular weight excluding hydrogens is 210 g/mol. The fourth-order valence-corrected chi connectivity index (χ4v) is 1.07. The first-order valence-corrected chi connectivity index (χ1v) is 4.95. The molecule has 0 saturated carbocycles. The number of esters is 1. The average molecular weight is 223 g/mol. The van der Waals surface area contributed by atoms with Crippen molar-refractivity contribution in [3.05, 3.63) is 18.0 Å². The SMILES string of the molecule is CCCOC(=O)[C@H](O)Cn1ccc(C#N)n1. The van der Waals surface area contributed by atoms with Crippen molar-refractivity contribution in [1.82, 2.24) is 9.78 Å². The minimum Gasteiger partial charge on any atom is -0.464 e. The van der Waals surface area contributed by atoms with E-state index in [0.717, 1.165) is 0 Å². The number of hydrogen-bond acceptors (Lipinski definition) is 5. The van der Waals surface area contributed by atoms with Crippen LogP contribution in [0.4, 0.5) is 0 Å². The molecule has 0 amide bonds. The molecule has 0 unspecified atom stereocenters. The maximum Gasteiger partial charge on any atom is 0.336 e. The van der Waals surface area contributed by atoms with Crippen LogP contribution >= 0.6 is 0 Å². The summed E-state index contributed by atoms with van der Waals surface area (Å²) in [5, 5.41) is 21.8. The Kier molecular flexibility index (Phi) is 4.48. The van der Waals surface area contributed by atoms with Crippen molar-refractivity contribution in [3.63, 3.8) is 0 Å². The monoisotopic (exact) mass is 223 g/mol. The molecule has 1 N–H and O–H groups in total. The molecule has 1 rings (SSSR count). The molecule has 6 nitrogen and oxygen atoms in total. The van der Waals surface area contributed by atoms with E-state index in [-0.39, 0.29) is 12.2 Å². The van der Waals surface area contributed by atoms with Crippen LogP contribution in [0.25, 0.3) is 0 Å². The van der Waals surface area contributed by atoms with E-state index < -0.39 is 12.1 Å². The quantitative estimate of drug-likeness (QED) is 0.713. The Hall–Kier alpha value is -1.87. The van der Waals surface area contributed by atoms with Crippen LogP contribution in [0.3, 0.4) is 0 Å². The van der Waals surface area contributed by atoms with E-state index in [9.17, 15) is 9.90 Å². The summed E-state index contributed by atoms with van der Waals surface area (Å²) in [5.74, 6) is -0.671. The molecule has 0 fully saturated rings. The van der Waals surface area contributed by atoms with Gasteiger partial charge in [-0.05, 0) is 12.5 Å². The summed E-state index contributed by atoms with van der Waals surface area (Å²) in [6, 6.07) is 3.36.